The predicted molar refractivity (Wildman–Crippen MR) is 77.4 cm³/mol. The van der Waals surface area contributed by atoms with Gasteiger partial charge in [0.05, 0.1) is 24.5 Å². The molecule has 0 aliphatic carbocycles. The Balaban J connectivity index is 1.87. The molecule has 3 heteroatoms. The molecular weight excluding hydrogens is 248 g/mol. The fourth-order valence-corrected chi connectivity index (χ4v) is 1.58. The van der Waals surface area contributed by atoms with Gasteiger partial charge in [0.15, 0.2) is 0 Å². The molecule has 3 nitrogen and oxygen atoms in total. The number of furan rings is 1. The van der Waals surface area contributed by atoms with E-state index in [-0.39, 0.29) is 0 Å². The van der Waals surface area contributed by atoms with Gasteiger partial charge in [-0.1, -0.05) is 30.0 Å². The number of hydrogen-bond acceptors (Lipinski definition) is 3. The Morgan fingerprint density at radius 1 is 1.20 bits per heavy atom. The molecule has 98 valence electrons. The first-order chi connectivity index (χ1) is 9.88. The predicted octanol–water partition coefficient (Wildman–Crippen LogP) is 2.87. The van der Waals surface area contributed by atoms with E-state index in [0.29, 0.717) is 18.7 Å². The van der Waals surface area contributed by atoms with Crippen LogP contribution in [0.15, 0.2) is 64.8 Å². The van der Waals surface area contributed by atoms with E-state index in [9.17, 15) is 0 Å². The lowest BCUT2D eigenvalue weighted by Gasteiger charge is -1.99. The van der Waals surface area contributed by atoms with Crippen molar-refractivity contribution in [1.82, 2.24) is 5.32 Å². The normalized spacial score (nSPS) is 10.4. The maximum atomic E-state index is 9.03. The van der Waals surface area contributed by atoms with Gasteiger partial charge in [-0.2, -0.15) is 5.26 Å². The molecule has 0 atom stereocenters. The minimum Gasteiger partial charge on any atom is -0.468 e. The maximum absolute atomic E-state index is 9.03. The van der Waals surface area contributed by atoms with Gasteiger partial charge in [0, 0.05) is 18.2 Å². The second-order valence-electron chi connectivity index (χ2n) is 4.10. The Hall–Kier alpha value is -2.75. The highest BCUT2D eigenvalue weighted by Crippen LogP contribution is 1.99. The van der Waals surface area contributed by atoms with Gasteiger partial charge in [0.25, 0.3) is 0 Å². The van der Waals surface area contributed by atoms with E-state index in [2.05, 4.69) is 23.2 Å². The van der Waals surface area contributed by atoms with Gasteiger partial charge in [-0.3, -0.25) is 0 Å². The average molecular weight is 262 g/mol. The van der Waals surface area contributed by atoms with Crippen LogP contribution in [0.3, 0.4) is 0 Å². The Labute approximate surface area is 118 Å². The van der Waals surface area contributed by atoms with Crippen molar-refractivity contribution in [2.24, 2.45) is 0 Å². The van der Waals surface area contributed by atoms with Crippen LogP contribution in [-0.4, -0.2) is 6.54 Å². The SMILES string of the molecule is N#C/C(=C\C#Cc1ccccc1)CNCc1ccco1. The van der Waals surface area contributed by atoms with Gasteiger partial charge in [-0.25, -0.2) is 0 Å². The molecule has 0 fully saturated rings. The number of benzene rings is 1. The lowest BCUT2D eigenvalue weighted by Crippen LogP contribution is -2.15. The second-order valence-corrected chi connectivity index (χ2v) is 4.10. The molecule has 0 amide bonds. The third-order valence-corrected chi connectivity index (χ3v) is 2.58. The summed E-state index contributed by atoms with van der Waals surface area (Å²) in [6, 6.07) is 15.5. The fourth-order valence-electron chi connectivity index (χ4n) is 1.58. The van der Waals surface area contributed by atoms with Gasteiger partial charge < -0.3 is 9.73 Å². The van der Waals surface area contributed by atoms with Crippen molar-refractivity contribution in [3.05, 3.63) is 71.7 Å². The standard InChI is InChI=1S/C17H14N2O/c18-12-16(13-19-14-17-10-5-11-20-17)9-4-8-15-6-2-1-3-7-15/h1-3,5-7,9-11,19H,13-14H2/b16-9+. The summed E-state index contributed by atoms with van der Waals surface area (Å²) in [4.78, 5) is 0. The Bertz CT molecular complexity index is 653. The molecule has 1 heterocycles. The van der Waals surface area contributed by atoms with Crippen molar-refractivity contribution >= 4 is 0 Å². The quantitative estimate of drug-likeness (QED) is 0.681. The van der Waals surface area contributed by atoms with E-state index in [1.165, 1.54) is 0 Å². The monoisotopic (exact) mass is 262 g/mol. The molecule has 1 aromatic carbocycles. The summed E-state index contributed by atoms with van der Waals surface area (Å²) < 4.78 is 5.20. The van der Waals surface area contributed by atoms with Crippen molar-refractivity contribution < 1.29 is 4.42 Å². The molecule has 0 spiro atoms. The summed E-state index contributed by atoms with van der Waals surface area (Å²) >= 11 is 0. The van der Waals surface area contributed by atoms with Crippen LogP contribution >= 0.6 is 0 Å². The number of nitrogens with one attached hydrogen (secondary N) is 1. The van der Waals surface area contributed by atoms with Crippen molar-refractivity contribution in [3.63, 3.8) is 0 Å². The lowest BCUT2D eigenvalue weighted by molar-refractivity contribution is 0.490. The molecule has 2 aromatic rings. The van der Waals surface area contributed by atoms with Gasteiger partial charge >= 0.3 is 0 Å². The highest BCUT2D eigenvalue weighted by molar-refractivity contribution is 5.39. The maximum Gasteiger partial charge on any atom is 0.117 e. The molecule has 20 heavy (non-hydrogen) atoms. The van der Waals surface area contributed by atoms with E-state index < -0.39 is 0 Å². The van der Waals surface area contributed by atoms with Gasteiger partial charge in [0.1, 0.15) is 5.76 Å². The number of rotatable bonds is 4. The zero-order chi connectivity index (χ0) is 14.0. The fraction of sp³-hybridized carbons (Fsp3) is 0.118. The Morgan fingerprint density at radius 3 is 2.75 bits per heavy atom. The zero-order valence-corrected chi connectivity index (χ0v) is 11.0. The van der Waals surface area contributed by atoms with Crippen LogP contribution in [0, 0.1) is 23.2 Å². The summed E-state index contributed by atoms with van der Waals surface area (Å²) in [5, 5.41) is 12.2. The van der Waals surface area contributed by atoms with E-state index >= 15 is 0 Å². The average Bonchev–Trinajstić information content (AvgIpc) is 3.00. The molecule has 0 aliphatic rings. The van der Waals surface area contributed by atoms with Gasteiger partial charge in [-0.05, 0) is 24.3 Å². The zero-order valence-electron chi connectivity index (χ0n) is 11.0. The first-order valence-corrected chi connectivity index (χ1v) is 6.27. The minimum atomic E-state index is 0.473. The van der Waals surface area contributed by atoms with Gasteiger partial charge in [-0.15, -0.1) is 0 Å². The van der Waals surface area contributed by atoms with E-state index in [1.807, 2.05) is 42.5 Å². The largest absolute Gasteiger partial charge is 0.468 e. The van der Waals surface area contributed by atoms with Crippen molar-refractivity contribution in [3.8, 4) is 17.9 Å². The molecular formula is C17H14N2O. The summed E-state index contributed by atoms with van der Waals surface area (Å²) in [6.07, 6.45) is 3.27. The smallest absolute Gasteiger partial charge is 0.117 e. The Kier molecular flexibility index (Phi) is 5.22. The van der Waals surface area contributed by atoms with Crippen molar-refractivity contribution in [2.45, 2.75) is 6.54 Å². The molecule has 0 aliphatic heterocycles. The Morgan fingerprint density at radius 2 is 2.05 bits per heavy atom. The topological polar surface area (TPSA) is 49.0 Å². The van der Waals surface area contributed by atoms with Crippen molar-refractivity contribution in [2.75, 3.05) is 6.54 Å². The van der Waals surface area contributed by atoms with E-state index in [0.717, 1.165) is 11.3 Å². The van der Waals surface area contributed by atoms with Crippen LogP contribution in [-0.2, 0) is 6.54 Å². The van der Waals surface area contributed by atoms with E-state index in [4.69, 9.17) is 9.68 Å². The molecule has 0 unspecified atom stereocenters. The highest BCUT2D eigenvalue weighted by Gasteiger charge is 1.97. The van der Waals surface area contributed by atoms with Crippen LogP contribution in [0.4, 0.5) is 0 Å². The van der Waals surface area contributed by atoms with Gasteiger partial charge in [0.2, 0.25) is 0 Å². The van der Waals surface area contributed by atoms with Crippen LogP contribution in [0.1, 0.15) is 11.3 Å². The van der Waals surface area contributed by atoms with Crippen LogP contribution in [0.25, 0.3) is 0 Å². The number of nitriles is 1. The number of allylic oxidation sites excluding steroid dienone is 1. The molecule has 2 rings (SSSR count). The first kappa shape index (κ1) is 13.7. The van der Waals surface area contributed by atoms with E-state index in [1.54, 1.807) is 12.3 Å². The number of hydrogen-bond donors (Lipinski definition) is 1. The summed E-state index contributed by atoms with van der Waals surface area (Å²) in [6.45, 7) is 1.07. The van der Waals surface area contributed by atoms with Crippen LogP contribution < -0.4 is 5.32 Å². The third-order valence-electron chi connectivity index (χ3n) is 2.58. The highest BCUT2D eigenvalue weighted by atomic mass is 16.3. The molecule has 1 aromatic heterocycles. The summed E-state index contributed by atoms with van der Waals surface area (Å²) in [7, 11) is 0. The molecule has 0 radical (unpaired) electrons. The van der Waals surface area contributed by atoms with Crippen molar-refractivity contribution in [1.29, 1.82) is 5.26 Å². The molecule has 0 bridgehead atoms. The second kappa shape index (κ2) is 7.63. The molecule has 0 saturated carbocycles. The third kappa shape index (κ3) is 4.49. The minimum absolute atomic E-state index is 0.473. The summed E-state index contributed by atoms with van der Waals surface area (Å²) in [5.41, 5.74) is 1.53. The lowest BCUT2D eigenvalue weighted by atomic mass is 10.2. The number of nitrogens with zero attached hydrogens (tertiary/aromatic N) is 1. The first-order valence-electron chi connectivity index (χ1n) is 6.27. The summed E-state index contributed by atoms with van der Waals surface area (Å²) in [5.74, 6) is 6.73. The molecule has 0 saturated heterocycles. The van der Waals surface area contributed by atoms with Crippen LogP contribution in [0.2, 0.25) is 0 Å². The van der Waals surface area contributed by atoms with Crippen LogP contribution in [0.5, 0.6) is 0 Å². The molecule has 1 N–H and O–H groups in total.